The van der Waals surface area contributed by atoms with Gasteiger partial charge in [0.1, 0.15) is 5.52 Å². The van der Waals surface area contributed by atoms with Gasteiger partial charge in [-0.25, -0.2) is 13.4 Å². The van der Waals surface area contributed by atoms with E-state index in [1.165, 1.54) is 23.5 Å². The Kier molecular flexibility index (Phi) is 9.34. The average molecular weight is 537 g/mol. The van der Waals surface area contributed by atoms with Gasteiger partial charge in [-0.3, -0.25) is 9.69 Å². The number of fused-ring (bicyclic) bond motifs is 1. The van der Waals surface area contributed by atoms with E-state index in [4.69, 9.17) is 23.2 Å². The highest BCUT2D eigenvalue weighted by atomic mass is 35.5. The van der Waals surface area contributed by atoms with Crippen molar-refractivity contribution >= 4 is 78.0 Å². The molecule has 0 saturated heterocycles. The Balaban J connectivity index is 0.00000363. The van der Waals surface area contributed by atoms with Crippen LogP contribution in [-0.2, 0) is 9.84 Å². The summed E-state index contributed by atoms with van der Waals surface area (Å²) in [5, 5.41) is 1.11. The lowest BCUT2D eigenvalue weighted by Gasteiger charge is -2.25. The van der Waals surface area contributed by atoms with Crippen molar-refractivity contribution in [1.29, 1.82) is 0 Å². The molecule has 0 radical (unpaired) electrons. The lowest BCUT2D eigenvalue weighted by molar-refractivity contribution is 0.0984. The molecule has 1 heterocycles. The average Bonchev–Trinajstić information content (AvgIpc) is 3.15. The Morgan fingerprint density at radius 2 is 1.78 bits per heavy atom. The minimum atomic E-state index is -3.47. The van der Waals surface area contributed by atoms with Crippen molar-refractivity contribution in [1.82, 2.24) is 9.88 Å². The molecule has 0 bridgehead atoms. The van der Waals surface area contributed by atoms with Crippen molar-refractivity contribution < 1.29 is 13.2 Å². The second kappa shape index (κ2) is 11.1. The zero-order chi connectivity index (χ0) is 22.8. The smallest absolute Gasteiger partial charge is 0.261 e. The van der Waals surface area contributed by atoms with Crippen LogP contribution in [0.25, 0.3) is 10.2 Å². The third-order valence-electron chi connectivity index (χ3n) is 4.94. The maximum atomic E-state index is 13.5. The molecule has 0 fully saturated rings. The summed E-state index contributed by atoms with van der Waals surface area (Å²) in [6, 6.07) is 9.74. The van der Waals surface area contributed by atoms with Crippen LogP contribution in [0.5, 0.6) is 0 Å². The second-order valence-electron chi connectivity index (χ2n) is 6.98. The first-order valence-corrected chi connectivity index (χ1v) is 13.2. The van der Waals surface area contributed by atoms with Crippen LogP contribution in [0.4, 0.5) is 5.13 Å². The van der Waals surface area contributed by atoms with Gasteiger partial charge in [-0.15, -0.1) is 12.4 Å². The van der Waals surface area contributed by atoms with Crippen LogP contribution in [0.1, 0.15) is 24.2 Å². The van der Waals surface area contributed by atoms with Crippen LogP contribution in [0.15, 0.2) is 41.3 Å². The van der Waals surface area contributed by atoms with Crippen LogP contribution >= 0.6 is 46.9 Å². The van der Waals surface area contributed by atoms with E-state index in [-0.39, 0.29) is 28.8 Å². The first-order valence-electron chi connectivity index (χ1n) is 9.74. The highest BCUT2D eigenvalue weighted by Gasteiger charge is 2.25. The van der Waals surface area contributed by atoms with Crippen molar-refractivity contribution in [2.24, 2.45) is 0 Å². The number of hydrogen-bond acceptors (Lipinski definition) is 6. The topological polar surface area (TPSA) is 70.6 Å². The summed E-state index contributed by atoms with van der Waals surface area (Å²) in [5.41, 5.74) is 0.638. The Bertz CT molecular complexity index is 1210. The number of sulfone groups is 1. The number of benzene rings is 2. The number of para-hydroxylation sites is 1. The van der Waals surface area contributed by atoms with Gasteiger partial charge in [0, 0.05) is 24.4 Å². The SMILES string of the molecule is CCN(CC)CCN(C(=O)c1cc(Cl)ccc1Cl)c1nc2c(S(C)(=O)=O)cccc2s1.Cl. The standard InChI is InChI=1S/C21H23Cl2N3O3S2.ClH/c1-4-25(5-2)11-12-26(20(27)15-13-14(22)9-10-16(15)23)21-24-19-17(30-21)7-6-8-18(19)31(3,28)29;/h6-10,13H,4-5,11-12H2,1-3H3;1H. The molecular formula is C21H24Cl3N3O3S2. The van der Waals surface area contributed by atoms with Crippen LogP contribution < -0.4 is 4.90 Å². The predicted octanol–water partition coefficient (Wildman–Crippen LogP) is 5.42. The number of halogens is 3. The number of aromatic nitrogens is 1. The van der Waals surface area contributed by atoms with Crippen molar-refractivity contribution in [2.75, 3.05) is 37.3 Å². The molecule has 0 N–H and O–H groups in total. The van der Waals surface area contributed by atoms with E-state index in [2.05, 4.69) is 23.7 Å². The molecule has 0 saturated carbocycles. The molecule has 0 spiro atoms. The molecule has 1 amide bonds. The van der Waals surface area contributed by atoms with E-state index in [1.54, 1.807) is 29.2 Å². The molecule has 0 aliphatic heterocycles. The minimum absolute atomic E-state index is 0. The highest BCUT2D eigenvalue weighted by molar-refractivity contribution is 7.91. The van der Waals surface area contributed by atoms with Gasteiger partial charge < -0.3 is 4.90 Å². The highest BCUT2D eigenvalue weighted by Crippen LogP contribution is 2.34. The zero-order valence-corrected chi connectivity index (χ0v) is 21.8. The van der Waals surface area contributed by atoms with E-state index in [9.17, 15) is 13.2 Å². The fraction of sp³-hybridized carbons (Fsp3) is 0.333. The number of nitrogens with zero attached hydrogens (tertiary/aromatic N) is 3. The quantitative estimate of drug-likeness (QED) is 0.385. The Morgan fingerprint density at radius 1 is 1.09 bits per heavy atom. The number of anilines is 1. The van der Waals surface area contributed by atoms with Gasteiger partial charge >= 0.3 is 0 Å². The molecule has 0 atom stereocenters. The lowest BCUT2D eigenvalue weighted by Crippen LogP contribution is -2.39. The van der Waals surface area contributed by atoms with Crippen LogP contribution in [0.3, 0.4) is 0 Å². The van der Waals surface area contributed by atoms with Gasteiger partial charge in [-0.2, -0.15) is 0 Å². The summed E-state index contributed by atoms with van der Waals surface area (Å²) in [6.07, 6.45) is 1.15. The van der Waals surface area contributed by atoms with Crippen molar-refractivity contribution in [2.45, 2.75) is 18.7 Å². The summed E-state index contributed by atoms with van der Waals surface area (Å²) in [7, 11) is -3.47. The number of amides is 1. The first kappa shape index (κ1) is 26.8. The molecule has 0 aliphatic carbocycles. The summed E-state index contributed by atoms with van der Waals surface area (Å²) < 4.78 is 25.1. The number of carbonyl (C=O) groups is 1. The number of rotatable bonds is 8. The molecule has 1 aromatic heterocycles. The van der Waals surface area contributed by atoms with Gasteiger partial charge in [0.15, 0.2) is 15.0 Å². The largest absolute Gasteiger partial charge is 0.302 e. The van der Waals surface area contributed by atoms with Gasteiger partial charge in [0.25, 0.3) is 5.91 Å². The van der Waals surface area contributed by atoms with Crippen LogP contribution in [0, 0.1) is 0 Å². The number of hydrogen-bond donors (Lipinski definition) is 0. The Morgan fingerprint density at radius 3 is 2.41 bits per heavy atom. The summed E-state index contributed by atoms with van der Waals surface area (Å²) >= 11 is 13.7. The summed E-state index contributed by atoms with van der Waals surface area (Å²) in [4.78, 5) is 21.9. The summed E-state index contributed by atoms with van der Waals surface area (Å²) in [6.45, 7) is 6.80. The van der Waals surface area contributed by atoms with E-state index >= 15 is 0 Å². The first-order chi connectivity index (χ1) is 14.7. The molecule has 11 heteroatoms. The Labute approximate surface area is 208 Å². The fourth-order valence-electron chi connectivity index (χ4n) is 3.20. The Hall–Kier alpha value is -1.42. The van der Waals surface area contributed by atoms with Gasteiger partial charge in [-0.05, 0) is 43.4 Å². The number of likely N-dealkylation sites (N-methyl/N-ethyl adjacent to an activating group) is 1. The molecule has 0 unspecified atom stereocenters. The van der Waals surface area contributed by atoms with E-state index in [0.29, 0.717) is 38.5 Å². The number of thiazole rings is 1. The van der Waals surface area contributed by atoms with Crippen molar-refractivity contribution in [3.05, 3.63) is 52.0 Å². The van der Waals surface area contributed by atoms with Gasteiger partial charge in [0.05, 0.1) is 20.2 Å². The fourth-order valence-corrected chi connectivity index (χ4v) is 5.48. The molecule has 6 nitrogen and oxygen atoms in total. The van der Waals surface area contributed by atoms with Crippen molar-refractivity contribution in [3.8, 4) is 0 Å². The van der Waals surface area contributed by atoms with E-state index in [0.717, 1.165) is 19.3 Å². The van der Waals surface area contributed by atoms with Crippen molar-refractivity contribution in [3.63, 3.8) is 0 Å². The van der Waals surface area contributed by atoms with Crippen LogP contribution in [-0.4, -0.2) is 56.6 Å². The predicted molar refractivity (Wildman–Crippen MR) is 136 cm³/mol. The lowest BCUT2D eigenvalue weighted by atomic mass is 10.2. The molecule has 2 aromatic carbocycles. The molecule has 3 rings (SSSR count). The minimum Gasteiger partial charge on any atom is -0.302 e. The summed E-state index contributed by atoms with van der Waals surface area (Å²) in [5.74, 6) is -0.334. The van der Waals surface area contributed by atoms with Crippen LogP contribution in [0.2, 0.25) is 10.0 Å². The third-order valence-corrected chi connectivity index (χ3v) is 7.68. The van der Waals surface area contributed by atoms with Gasteiger partial charge in [-0.1, -0.05) is 54.5 Å². The molecule has 0 aliphatic rings. The molecule has 3 aromatic rings. The van der Waals surface area contributed by atoms with E-state index < -0.39 is 9.84 Å². The maximum absolute atomic E-state index is 13.5. The zero-order valence-electron chi connectivity index (χ0n) is 17.8. The number of carbonyl (C=O) groups excluding carboxylic acids is 1. The monoisotopic (exact) mass is 535 g/mol. The second-order valence-corrected chi connectivity index (χ2v) is 10.8. The molecule has 32 heavy (non-hydrogen) atoms. The van der Waals surface area contributed by atoms with E-state index in [1.807, 2.05) is 0 Å². The normalized spacial score (nSPS) is 11.6. The van der Waals surface area contributed by atoms with Gasteiger partial charge in [0.2, 0.25) is 0 Å². The molecular weight excluding hydrogens is 513 g/mol. The molecule has 174 valence electrons. The third kappa shape index (κ3) is 5.92. The maximum Gasteiger partial charge on any atom is 0.261 e.